The molecule has 0 amide bonds. The summed E-state index contributed by atoms with van der Waals surface area (Å²) < 4.78 is 1.77. The molecule has 4 heteroatoms. The van der Waals surface area contributed by atoms with Gasteiger partial charge in [0.15, 0.2) is 0 Å². The Morgan fingerprint density at radius 2 is 2.19 bits per heavy atom. The molecule has 0 radical (unpaired) electrons. The minimum Gasteiger partial charge on any atom is -0.323 e. The Morgan fingerprint density at radius 3 is 2.62 bits per heavy atom. The van der Waals surface area contributed by atoms with Crippen LogP contribution in [0.3, 0.4) is 0 Å². The van der Waals surface area contributed by atoms with Crippen molar-refractivity contribution in [3.8, 4) is 0 Å². The highest BCUT2D eigenvalue weighted by Gasteiger charge is 2.20. The smallest absolute Gasteiger partial charge is 0.107 e. The molecule has 1 heterocycles. The number of hydrogen-bond acceptors (Lipinski definition) is 2. The van der Waals surface area contributed by atoms with E-state index in [-0.39, 0.29) is 6.04 Å². The van der Waals surface area contributed by atoms with Crippen LogP contribution in [-0.2, 0) is 0 Å². The van der Waals surface area contributed by atoms with Crippen LogP contribution >= 0.6 is 38.9 Å². The predicted molar refractivity (Wildman–Crippen MR) is 77.3 cm³/mol. The SMILES string of the molecule is CCCCC(CC)C(N)c1cc(Br)c(Cl)s1. The van der Waals surface area contributed by atoms with E-state index in [1.165, 1.54) is 24.1 Å². The van der Waals surface area contributed by atoms with Gasteiger partial charge < -0.3 is 5.73 Å². The molecule has 0 aliphatic rings. The van der Waals surface area contributed by atoms with E-state index in [2.05, 4.69) is 35.8 Å². The molecule has 0 bridgehead atoms. The van der Waals surface area contributed by atoms with Crippen molar-refractivity contribution in [1.29, 1.82) is 0 Å². The van der Waals surface area contributed by atoms with Gasteiger partial charge in [0.25, 0.3) is 0 Å². The van der Waals surface area contributed by atoms with Crippen LogP contribution in [0.4, 0.5) is 0 Å². The minimum atomic E-state index is 0.130. The lowest BCUT2D eigenvalue weighted by atomic mass is 9.91. The summed E-state index contributed by atoms with van der Waals surface area (Å²) in [6.07, 6.45) is 4.83. The maximum absolute atomic E-state index is 6.30. The van der Waals surface area contributed by atoms with Gasteiger partial charge in [0.1, 0.15) is 4.34 Å². The highest BCUT2D eigenvalue weighted by Crippen LogP contribution is 2.38. The number of halogens is 2. The van der Waals surface area contributed by atoms with Gasteiger partial charge in [0.2, 0.25) is 0 Å². The first kappa shape index (κ1) is 14.5. The monoisotopic (exact) mass is 323 g/mol. The molecular formula is C12H19BrClNS. The van der Waals surface area contributed by atoms with Crippen molar-refractivity contribution in [2.45, 2.75) is 45.6 Å². The lowest BCUT2D eigenvalue weighted by Gasteiger charge is -2.21. The van der Waals surface area contributed by atoms with Crippen LogP contribution < -0.4 is 5.73 Å². The molecule has 1 aromatic rings. The van der Waals surface area contributed by atoms with E-state index in [0.717, 1.165) is 15.2 Å². The second-order valence-electron chi connectivity index (χ2n) is 4.11. The molecule has 2 atom stereocenters. The standard InChI is InChI=1S/C12H19BrClNS/c1-3-5-6-8(4-2)11(15)10-7-9(13)12(14)16-10/h7-8,11H,3-6,15H2,1-2H3. The highest BCUT2D eigenvalue weighted by atomic mass is 79.9. The van der Waals surface area contributed by atoms with Gasteiger partial charge in [-0.05, 0) is 34.3 Å². The van der Waals surface area contributed by atoms with Crippen LogP contribution in [0.2, 0.25) is 4.34 Å². The third-order valence-corrected chi connectivity index (χ3v) is 5.53. The van der Waals surface area contributed by atoms with E-state index in [1.54, 1.807) is 11.3 Å². The van der Waals surface area contributed by atoms with Crippen LogP contribution in [0.25, 0.3) is 0 Å². The molecule has 1 aromatic heterocycles. The van der Waals surface area contributed by atoms with Gasteiger partial charge in [-0.3, -0.25) is 0 Å². The topological polar surface area (TPSA) is 26.0 Å². The van der Waals surface area contributed by atoms with Gasteiger partial charge >= 0.3 is 0 Å². The van der Waals surface area contributed by atoms with Crippen LogP contribution in [0, 0.1) is 5.92 Å². The summed E-state index contributed by atoms with van der Waals surface area (Å²) in [6.45, 7) is 4.43. The van der Waals surface area contributed by atoms with E-state index in [1.807, 2.05) is 0 Å². The first-order valence-electron chi connectivity index (χ1n) is 5.80. The van der Waals surface area contributed by atoms with Crippen LogP contribution in [0.1, 0.15) is 50.4 Å². The second kappa shape index (κ2) is 7.00. The normalized spacial score (nSPS) is 15.1. The van der Waals surface area contributed by atoms with E-state index in [9.17, 15) is 0 Å². The Kier molecular flexibility index (Phi) is 6.34. The summed E-state index contributed by atoms with van der Waals surface area (Å²) in [7, 11) is 0. The van der Waals surface area contributed by atoms with Crippen LogP contribution in [0.15, 0.2) is 10.5 Å². The van der Waals surface area contributed by atoms with Gasteiger partial charge in [-0.1, -0.05) is 44.7 Å². The van der Waals surface area contributed by atoms with Crippen molar-refractivity contribution in [3.63, 3.8) is 0 Å². The molecule has 2 unspecified atom stereocenters. The van der Waals surface area contributed by atoms with E-state index < -0.39 is 0 Å². The van der Waals surface area contributed by atoms with E-state index in [4.69, 9.17) is 17.3 Å². The molecular weight excluding hydrogens is 306 g/mol. The van der Waals surface area contributed by atoms with Crippen molar-refractivity contribution >= 4 is 38.9 Å². The minimum absolute atomic E-state index is 0.130. The van der Waals surface area contributed by atoms with Gasteiger partial charge in [0, 0.05) is 15.4 Å². The molecule has 0 saturated heterocycles. The van der Waals surface area contributed by atoms with Crippen LogP contribution in [0.5, 0.6) is 0 Å². The summed E-state index contributed by atoms with van der Waals surface area (Å²) in [4.78, 5) is 1.19. The molecule has 0 aliphatic carbocycles. The summed E-state index contributed by atoms with van der Waals surface area (Å²) in [5.41, 5.74) is 6.30. The Bertz CT molecular complexity index is 307. The summed E-state index contributed by atoms with van der Waals surface area (Å²) in [5, 5.41) is 0. The van der Waals surface area contributed by atoms with Gasteiger partial charge in [-0.2, -0.15) is 0 Å². The molecule has 1 rings (SSSR count). The lowest BCUT2D eigenvalue weighted by Crippen LogP contribution is -2.19. The maximum Gasteiger partial charge on any atom is 0.107 e. The third-order valence-electron chi connectivity index (χ3n) is 2.95. The molecule has 0 fully saturated rings. The third kappa shape index (κ3) is 3.73. The zero-order chi connectivity index (χ0) is 12.1. The van der Waals surface area contributed by atoms with Crippen molar-refractivity contribution in [1.82, 2.24) is 0 Å². The molecule has 16 heavy (non-hydrogen) atoms. The fourth-order valence-corrected chi connectivity index (χ4v) is 3.70. The molecule has 0 spiro atoms. The largest absolute Gasteiger partial charge is 0.323 e. The molecule has 2 N–H and O–H groups in total. The zero-order valence-electron chi connectivity index (χ0n) is 9.80. The maximum atomic E-state index is 6.30. The Balaban J connectivity index is 2.70. The number of rotatable bonds is 6. The van der Waals surface area contributed by atoms with Gasteiger partial charge in [-0.25, -0.2) is 0 Å². The fraction of sp³-hybridized carbons (Fsp3) is 0.667. The van der Waals surface area contributed by atoms with E-state index in [0.29, 0.717) is 5.92 Å². The van der Waals surface area contributed by atoms with Gasteiger partial charge in [-0.15, -0.1) is 11.3 Å². The summed E-state index contributed by atoms with van der Waals surface area (Å²) in [5.74, 6) is 0.571. The van der Waals surface area contributed by atoms with Gasteiger partial charge in [0.05, 0.1) is 0 Å². The Labute approximate surface area is 116 Å². The first-order valence-corrected chi connectivity index (χ1v) is 7.79. The number of nitrogens with two attached hydrogens (primary N) is 1. The zero-order valence-corrected chi connectivity index (χ0v) is 13.0. The quantitative estimate of drug-likeness (QED) is 0.747. The summed E-state index contributed by atoms with van der Waals surface area (Å²) in [6, 6.07) is 2.19. The second-order valence-corrected chi connectivity index (χ2v) is 6.65. The highest BCUT2D eigenvalue weighted by molar-refractivity contribution is 9.10. The average Bonchev–Trinajstić information content (AvgIpc) is 2.60. The first-order chi connectivity index (χ1) is 7.60. The van der Waals surface area contributed by atoms with E-state index >= 15 is 0 Å². The molecule has 1 nitrogen and oxygen atoms in total. The molecule has 0 aliphatic heterocycles. The van der Waals surface area contributed by atoms with Crippen molar-refractivity contribution < 1.29 is 0 Å². The van der Waals surface area contributed by atoms with Crippen molar-refractivity contribution in [2.75, 3.05) is 0 Å². The summed E-state index contributed by atoms with van der Waals surface area (Å²) >= 11 is 11.1. The molecule has 92 valence electrons. The van der Waals surface area contributed by atoms with Crippen molar-refractivity contribution in [3.05, 3.63) is 19.8 Å². The Hall–Kier alpha value is 0.430. The lowest BCUT2D eigenvalue weighted by molar-refractivity contribution is 0.382. The molecule has 0 aromatic carbocycles. The van der Waals surface area contributed by atoms with Crippen LogP contribution in [-0.4, -0.2) is 0 Å². The number of hydrogen-bond donors (Lipinski definition) is 1. The Morgan fingerprint density at radius 1 is 1.50 bits per heavy atom. The predicted octanol–water partition coefficient (Wildman–Crippen LogP) is 5.38. The number of unbranched alkanes of at least 4 members (excludes halogenated alkanes) is 1. The number of thiophene rings is 1. The molecule has 0 saturated carbocycles. The fourth-order valence-electron chi connectivity index (χ4n) is 1.86. The average molecular weight is 325 g/mol. The van der Waals surface area contributed by atoms with Crippen molar-refractivity contribution in [2.24, 2.45) is 11.7 Å².